The maximum atomic E-state index is 12.4. The number of imide groups is 1. The number of para-hydroxylation sites is 1. The third kappa shape index (κ3) is 4.49. The normalized spacial score (nSPS) is 17.7. The fraction of sp³-hybridized carbons (Fsp3) is 0.333. The van der Waals surface area contributed by atoms with Crippen LogP contribution >= 0.6 is 0 Å². The van der Waals surface area contributed by atoms with Gasteiger partial charge in [-0.05, 0) is 36.6 Å². The van der Waals surface area contributed by atoms with Gasteiger partial charge < -0.3 is 16.0 Å². The minimum atomic E-state index is -0.215. The number of anilines is 1. The van der Waals surface area contributed by atoms with E-state index >= 15 is 0 Å². The van der Waals surface area contributed by atoms with Crippen LogP contribution in [0.15, 0.2) is 53.5 Å². The molecule has 2 aromatic carbocycles. The summed E-state index contributed by atoms with van der Waals surface area (Å²) in [4.78, 5) is 42.4. The topological polar surface area (TPSA) is 103 Å². The van der Waals surface area contributed by atoms with E-state index in [9.17, 15) is 14.4 Å². The number of carbonyl (C=O) groups excluding carboxylic acids is 3. The molecule has 166 valence electrons. The fourth-order valence-electron chi connectivity index (χ4n) is 4.17. The number of rotatable bonds is 7. The largest absolute Gasteiger partial charge is 0.356 e. The maximum Gasteiger partial charge on any atom is 0.261 e. The number of nitrogens with one attached hydrogen (secondary N) is 3. The molecule has 32 heavy (non-hydrogen) atoms. The first-order valence-corrected chi connectivity index (χ1v) is 10.9. The Bertz CT molecular complexity index is 1030. The SMILES string of the molecule is CN=C(NCCCCN1C(=O)c2ccccc2C1=O)NCC1CC(=O)Nc2ccccc21. The molecular formula is C24H27N5O3. The molecule has 8 nitrogen and oxygen atoms in total. The highest BCUT2D eigenvalue weighted by atomic mass is 16.2. The summed E-state index contributed by atoms with van der Waals surface area (Å²) in [7, 11) is 1.70. The van der Waals surface area contributed by atoms with Crippen LogP contribution in [-0.4, -0.2) is 55.3 Å². The molecule has 3 amide bonds. The lowest BCUT2D eigenvalue weighted by Crippen LogP contribution is -2.41. The van der Waals surface area contributed by atoms with Gasteiger partial charge in [0.2, 0.25) is 5.91 Å². The van der Waals surface area contributed by atoms with Gasteiger partial charge in [0.15, 0.2) is 5.96 Å². The van der Waals surface area contributed by atoms with Crippen LogP contribution in [0.25, 0.3) is 0 Å². The Morgan fingerprint density at radius 2 is 1.69 bits per heavy atom. The molecule has 1 unspecified atom stereocenters. The van der Waals surface area contributed by atoms with Gasteiger partial charge in [-0.25, -0.2) is 0 Å². The number of hydrogen-bond acceptors (Lipinski definition) is 4. The van der Waals surface area contributed by atoms with Crippen molar-refractivity contribution in [2.75, 3.05) is 32.0 Å². The zero-order chi connectivity index (χ0) is 22.5. The summed E-state index contributed by atoms with van der Waals surface area (Å²) in [5, 5.41) is 9.47. The average Bonchev–Trinajstić information content (AvgIpc) is 3.05. The Kier molecular flexibility index (Phi) is 6.49. The fourth-order valence-corrected chi connectivity index (χ4v) is 4.17. The van der Waals surface area contributed by atoms with Crippen LogP contribution in [0.4, 0.5) is 5.69 Å². The molecule has 3 N–H and O–H groups in total. The van der Waals surface area contributed by atoms with Crippen LogP contribution < -0.4 is 16.0 Å². The van der Waals surface area contributed by atoms with Gasteiger partial charge in [-0.15, -0.1) is 0 Å². The van der Waals surface area contributed by atoms with Gasteiger partial charge in [0.25, 0.3) is 11.8 Å². The smallest absolute Gasteiger partial charge is 0.261 e. The summed E-state index contributed by atoms with van der Waals surface area (Å²) in [5.74, 6) is 0.328. The maximum absolute atomic E-state index is 12.4. The average molecular weight is 434 g/mol. The second-order valence-electron chi connectivity index (χ2n) is 7.93. The molecule has 0 spiro atoms. The van der Waals surface area contributed by atoms with Gasteiger partial charge in [-0.1, -0.05) is 30.3 Å². The third-order valence-electron chi connectivity index (χ3n) is 5.83. The first kappa shape index (κ1) is 21.5. The number of amides is 3. The van der Waals surface area contributed by atoms with E-state index in [4.69, 9.17) is 0 Å². The zero-order valence-corrected chi connectivity index (χ0v) is 18.1. The van der Waals surface area contributed by atoms with Crippen molar-refractivity contribution in [3.63, 3.8) is 0 Å². The first-order chi connectivity index (χ1) is 15.6. The standard InChI is InChI=1S/C24H27N5O3/c1-25-24(27-15-16-14-21(30)28-20-11-5-4-8-17(16)20)26-12-6-7-13-29-22(31)18-9-2-3-10-19(18)23(29)32/h2-5,8-11,16H,6-7,12-15H2,1H3,(H,28,30)(H2,25,26,27). The quantitative estimate of drug-likeness (QED) is 0.269. The van der Waals surface area contributed by atoms with Gasteiger partial charge in [-0.3, -0.25) is 24.3 Å². The van der Waals surface area contributed by atoms with Crippen LogP contribution in [0, 0.1) is 0 Å². The first-order valence-electron chi connectivity index (χ1n) is 10.9. The molecule has 0 bridgehead atoms. The second kappa shape index (κ2) is 9.64. The molecule has 0 saturated carbocycles. The molecule has 0 saturated heterocycles. The number of unbranched alkanes of at least 4 members (excludes halogenated alkanes) is 1. The van der Waals surface area contributed by atoms with E-state index in [1.165, 1.54) is 4.90 Å². The molecule has 0 fully saturated rings. The summed E-state index contributed by atoms with van der Waals surface area (Å²) in [6, 6.07) is 14.8. The van der Waals surface area contributed by atoms with Crippen LogP contribution in [0.2, 0.25) is 0 Å². The number of benzene rings is 2. The monoisotopic (exact) mass is 433 g/mol. The summed E-state index contributed by atoms with van der Waals surface area (Å²) in [5.41, 5.74) is 2.96. The lowest BCUT2D eigenvalue weighted by Gasteiger charge is -2.26. The van der Waals surface area contributed by atoms with E-state index in [1.807, 2.05) is 24.3 Å². The van der Waals surface area contributed by atoms with E-state index < -0.39 is 0 Å². The molecule has 1 atom stereocenters. The Balaban J connectivity index is 1.21. The highest BCUT2D eigenvalue weighted by Crippen LogP contribution is 2.31. The predicted octanol–water partition coefficient (Wildman–Crippen LogP) is 2.35. The molecule has 2 aliphatic rings. The van der Waals surface area contributed by atoms with Gasteiger partial charge in [0, 0.05) is 44.7 Å². The molecule has 0 aromatic heterocycles. The van der Waals surface area contributed by atoms with Gasteiger partial charge in [0.1, 0.15) is 0 Å². The van der Waals surface area contributed by atoms with Crippen molar-refractivity contribution in [3.05, 3.63) is 65.2 Å². The Hall–Kier alpha value is -3.68. The van der Waals surface area contributed by atoms with Gasteiger partial charge in [0.05, 0.1) is 11.1 Å². The molecule has 2 aromatic rings. The summed E-state index contributed by atoms with van der Waals surface area (Å²) >= 11 is 0. The highest BCUT2D eigenvalue weighted by molar-refractivity contribution is 6.21. The van der Waals surface area contributed by atoms with Crippen molar-refractivity contribution >= 4 is 29.4 Å². The Morgan fingerprint density at radius 3 is 2.41 bits per heavy atom. The van der Waals surface area contributed by atoms with Crippen LogP contribution in [-0.2, 0) is 4.79 Å². The van der Waals surface area contributed by atoms with Crippen LogP contribution in [0.5, 0.6) is 0 Å². The van der Waals surface area contributed by atoms with Crippen LogP contribution in [0.3, 0.4) is 0 Å². The van der Waals surface area contributed by atoms with Crippen molar-refractivity contribution in [2.24, 2.45) is 4.99 Å². The summed E-state index contributed by atoms with van der Waals surface area (Å²) in [6.07, 6.45) is 1.91. The van der Waals surface area contributed by atoms with Crippen molar-refractivity contribution in [1.29, 1.82) is 0 Å². The van der Waals surface area contributed by atoms with E-state index in [1.54, 1.807) is 31.3 Å². The number of carbonyl (C=O) groups is 3. The molecule has 0 radical (unpaired) electrons. The molecule has 0 aliphatic carbocycles. The highest BCUT2D eigenvalue weighted by Gasteiger charge is 2.34. The number of guanidine groups is 1. The number of hydrogen-bond donors (Lipinski definition) is 3. The Morgan fingerprint density at radius 1 is 1.00 bits per heavy atom. The van der Waals surface area contributed by atoms with Crippen molar-refractivity contribution < 1.29 is 14.4 Å². The van der Waals surface area contributed by atoms with Gasteiger partial charge >= 0.3 is 0 Å². The number of fused-ring (bicyclic) bond motifs is 2. The molecule has 8 heteroatoms. The molecule has 4 rings (SSSR count). The number of nitrogens with zero attached hydrogens (tertiary/aromatic N) is 2. The summed E-state index contributed by atoms with van der Waals surface area (Å²) < 4.78 is 0. The van der Waals surface area contributed by atoms with Crippen molar-refractivity contribution in [3.8, 4) is 0 Å². The Labute approximate surface area is 187 Å². The summed E-state index contributed by atoms with van der Waals surface area (Å²) in [6.45, 7) is 1.65. The van der Waals surface area contributed by atoms with E-state index in [0.29, 0.717) is 49.6 Å². The second-order valence-corrected chi connectivity index (χ2v) is 7.93. The molecule has 2 heterocycles. The number of aliphatic imine (C=N–C) groups is 1. The van der Waals surface area contributed by atoms with Crippen molar-refractivity contribution in [2.45, 2.75) is 25.2 Å². The van der Waals surface area contributed by atoms with Crippen LogP contribution in [0.1, 0.15) is 51.5 Å². The minimum Gasteiger partial charge on any atom is -0.356 e. The van der Waals surface area contributed by atoms with E-state index in [2.05, 4.69) is 20.9 Å². The molecular weight excluding hydrogens is 406 g/mol. The lowest BCUT2D eigenvalue weighted by atomic mass is 9.90. The van der Waals surface area contributed by atoms with E-state index in [0.717, 1.165) is 17.7 Å². The third-order valence-corrected chi connectivity index (χ3v) is 5.83. The molecule has 2 aliphatic heterocycles. The zero-order valence-electron chi connectivity index (χ0n) is 18.1. The minimum absolute atomic E-state index is 0.0200. The van der Waals surface area contributed by atoms with E-state index in [-0.39, 0.29) is 23.6 Å². The lowest BCUT2D eigenvalue weighted by molar-refractivity contribution is -0.116. The predicted molar refractivity (Wildman–Crippen MR) is 123 cm³/mol. The van der Waals surface area contributed by atoms with Crippen molar-refractivity contribution in [1.82, 2.24) is 15.5 Å². The van der Waals surface area contributed by atoms with Gasteiger partial charge in [-0.2, -0.15) is 0 Å².